The van der Waals surface area contributed by atoms with Crippen molar-refractivity contribution in [3.8, 4) is 22.6 Å². The maximum Gasteiger partial charge on any atom is 0.330 e. The molecule has 0 fully saturated rings. The van der Waals surface area contributed by atoms with Crippen molar-refractivity contribution in [1.82, 2.24) is 0 Å². The summed E-state index contributed by atoms with van der Waals surface area (Å²) >= 11 is 0. The van der Waals surface area contributed by atoms with Crippen LogP contribution >= 0.6 is 0 Å². The van der Waals surface area contributed by atoms with E-state index in [1.54, 1.807) is 0 Å². The van der Waals surface area contributed by atoms with E-state index in [4.69, 9.17) is 14.2 Å². The highest BCUT2D eigenvalue weighted by atomic mass is 16.5. The molecule has 2 aromatic carbocycles. The predicted molar refractivity (Wildman–Crippen MR) is 111 cm³/mol. The second-order valence-electron chi connectivity index (χ2n) is 6.94. The number of fused-ring (bicyclic) bond motifs is 3. The molecule has 0 atom stereocenters. The van der Waals surface area contributed by atoms with E-state index in [-0.39, 0.29) is 5.97 Å². The van der Waals surface area contributed by atoms with Gasteiger partial charge in [0.15, 0.2) is 0 Å². The number of unbranched alkanes of at least 4 members (excludes halogenated alkanes) is 2. The maximum absolute atomic E-state index is 11.0. The molecule has 4 heteroatoms. The van der Waals surface area contributed by atoms with Gasteiger partial charge in [-0.3, -0.25) is 0 Å². The van der Waals surface area contributed by atoms with E-state index < -0.39 is 0 Å². The summed E-state index contributed by atoms with van der Waals surface area (Å²) < 4.78 is 16.6. The molecule has 0 unspecified atom stereocenters. The summed E-state index contributed by atoms with van der Waals surface area (Å²) in [4.78, 5) is 11.0. The van der Waals surface area contributed by atoms with Gasteiger partial charge in [-0.2, -0.15) is 0 Å². The number of hydrogen-bond donors (Lipinski definition) is 0. The number of carbonyl (C=O) groups is 1. The molecule has 0 heterocycles. The molecule has 28 heavy (non-hydrogen) atoms. The Morgan fingerprint density at radius 1 is 0.929 bits per heavy atom. The van der Waals surface area contributed by atoms with Crippen molar-refractivity contribution in [2.75, 3.05) is 19.8 Å². The van der Waals surface area contributed by atoms with E-state index in [2.05, 4.69) is 43.8 Å². The minimum atomic E-state index is -0.362. The maximum atomic E-state index is 11.0. The lowest BCUT2D eigenvalue weighted by molar-refractivity contribution is -0.137. The van der Waals surface area contributed by atoms with Gasteiger partial charge in [0, 0.05) is 6.08 Å². The fraction of sp³-hybridized carbons (Fsp3) is 0.375. The Hall–Kier alpha value is -2.75. The summed E-state index contributed by atoms with van der Waals surface area (Å²) in [6.07, 6.45) is 5.85. The van der Waals surface area contributed by atoms with Crippen LogP contribution in [-0.2, 0) is 16.0 Å². The van der Waals surface area contributed by atoms with Crippen LogP contribution in [0.15, 0.2) is 49.1 Å². The van der Waals surface area contributed by atoms with Crippen molar-refractivity contribution in [3.05, 3.63) is 60.2 Å². The SMILES string of the molecule is C=CC(=O)OCCCCCOc1ccc2c(c1)Cc1cc(OCCC)ccc1-2. The lowest BCUT2D eigenvalue weighted by Gasteiger charge is -2.09. The fourth-order valence-corrected chi connectivity index (χ4v) is 3.37. The minimum absolute atomic E-state index is 0.362. The van der Waals surface area contributed by atoms with Crippen molar-refractivity contribution in [2.45, 2.75) is 39.0 Å². The third-order valence-electron chi connectivity index (χ3n) is 4.77. The van der Waals surface area contributed by atoms with Gasteiger partial charge in [0.25, 0.3) is 0 Å². The number of esters is 1. The standard InChI is InChI=1S/C24H28O4/c1-3-12-26-20-8-10-22-18(16-20)15-19-17-21(9-11-23(19)22)27-13-6-5-7-14-28-24(25)4-2/h4,8-11,16-17H,2-3,5-7,12-15H2,1H3. The zero-order chi connectivity index (χ0) is 19.8. The van der Waals surface area contributed by atoms with Crippen LogP contribution in [0.5, 0.6) is 11.5 Å². The second-order valence-corrected chi connectivity index (χ2v) is 6.94. The van der Waals surface area contributed by atoms with Gasteiger partial charge in [-0.25, -0.2) is 4.79 Å². The Balaban J connectivity index is 1.47. The molecule has 0 aliphatic heterocycles. The molecule has 1 aliphatic rings. The molecule has 0 N–H and O–H groups in total. The van der Waals surface area contributed by atoms with Gasteiger partial charge >= 0.3 is 5.97 Å². The molecule has 0 radical (unpaired) electrons. The Morgan fingerprint density at radius 3 is 2.14 bits per heavy atom. The van der Waals surface area contributed by atoms with E-state index in [0.717, 1.165) is 50.2 Å². The zero-order valence-electron chi connectivity index (χ0n) is 16.5. The smallest absolute Gasteiger partial charge is 0.330 e. The molecule has 0 saturated heterocycles. The summed E-state index contributed by atoms with van der Waals surface area (Å²) in [5.74, 6) is 1.50. The van der Waals surface area contributed by atoms with Crippen LogP contribution in [0.1, 0.15) is 43.7 Å². The van der Waals surface area contributed by atoms with Gasteiger partial charge in [0.2, 0.25) is 0 Å². The van der Waals surface area contributed by atoms with Crippen LogP contribution in [0.4, 0.5) is 0 Å². The largest absolute Gasteiger partial charge is 0.494 e. The number of ether oxygens (including phenoxy) is 3. The molecule has 3 rings (SSSR count). The van der Waals surface area contributed by atoms with E-state index in [1.807, 2.05) is 6.07 Å². The normalized spacial score (nSPS) is 11.5. The summed E-state index contributed by atoms with van der Waals surface area (Å²) in [6, 6.07) is 12.7. The second kappa shape index (κ2) is 9.98. The van der Waals surface area contributed by atoms with Gasteiger partial charge in [-0.15, -0.1) is 0 Å². The molecule has 4 nitrogen and oxygen atoms in total. The van der Waals surface area contributed by atoms with Crippen LogP contribution < -0.4 is 9.47 Å². The first-order valence-corrected chi connectivity index (χ1v) is 10.0. The number of hydrogen-bond acceptors (Lipinski definition) is 4. The molecule has 0 aromatic heterocycles. The molecule has 0 amide bonds. The van der Waals surface area contributed by atoms with Crippen molar-refractivity contribution < 1.29 is 19.0 Å². The molecular formula is C24H28O4. The third kappa shape index (κ3) is 5.16. The van der Waals surface area contributed by atoms with Crippen molar-refractivity contribution in [3.63, 3.8) is 0 Å². The quantitative estimate of drug-likeness (QED) is 0.256. The van der Waals surface area contributed by atoms with E-state index in [1.165, 1.54) is 28.3 Å². The number of carbonyl (C=O) groups excluding carboxylic acids is 1. The van der Waals surface area contributed by atoms with Gasteiger partial charge in [-0.05, 0) is 78.6 Å². The molecule has 1 aliphatic carbocycles. The average molecular weight is 380 g/mol. The van der Waals surface area contributed by atoms with Crippen molar-refractivity contribution >= 4 is 5.97 Å². The van der Waals surface area contributed by atoms with Crippen LogP contribution in [0.25, 0.3) is 11.1 Å². The van der Waals surface area contributed by atoms with Gasteiger partial charge in [-0.1, -0.05) is 25.6 Å². The van der Waals surface area contributed by atoms with Crippen LogP contribution in [0.2, 0.25) is 0 Å². The summed E-state index contributed by atoms with van der Waals surface area (Å²) in [6.45, 7) is 7.34. The van der Waals surface area contributed by atoms with Crippen molar-refractivity contribution in [1.29, 1.82) is 0 Å². The molecule has 2 aromatic rings. The van der Waals surface area contributed by atoms with E-state index in [9.17, 15) is 4.79 Å². The lowest BCUT2D eigenvalue weighted by Crippen LogP contribution is -2.03. The van der Waals surface area contributed by atoms with Crippen molar-refractivity contribution in [2.24, 2.45) is 0 Å². The van der Waals surface area contributed by atoms with Gasteiger partial charge in [0.1, 0.15) is 11.5 Å². The molecule has 0 spiro atoms. The third-order valence-corrected chi connectivity index (χ3v) is 4.77. The number of rotatable bonds is 11. The minimum Gasteiger partial charge on any atom is -0.494 e. The highest BCUT2D eigenvalue weighted by molar-refractivity contribution is 5.81. The topological polar surface area (TPSA) is 44.8 Å². The molecule has 148 valence electrons. The molecule has 0 bridgehead atoms. The van der Waals surface area contributed by atoms with Crippen LogP contribution in [0, 0.1) is 0 Å². The Morgan fingerprint density at radius 2 is 1.54 bits per heavy atom. The first-order valence-electron chi connectivity index (χ1n) is 10.0. The summed E-state index contributed by atoms with van der Waals surface area (Å²) in [5.41, 5.74) is 5.19. The monoisotopic (exact) mass is 380 g/mol. The summed E-state index contributed by atoms with van der Waals surface area (Å²) in [7, 11) is 0. The predicted octanol–water partition coefficient (Wildman–Crippen LogP) is 5.32. The van der Waals surface area contributed by atoms with E-state index >= 15 is 0 Å². The van der Waals surface area contributed by atoms with Crippen LogP contribution in [0.3, 0.4) is 0 Å². The molecular weight excluding hydrogens is 352 g/mol. The molecule has 0 saturated carbocycles. The zero-order valence-corrected chi connectivity index (χ0v) is 16.5. The Bertz CT molecular complexity index is 825. The first kappa shape index (κ1) is 20.0. The van der Waals surface area contributed by atoms with Gasteiger partial charge < -0.3 is 14.2 Å². The van der Waals surface area contributed by atoms with Crippen LogP contribution in [-0.4, -0.2) is 25.8 Å². The fourth-order valence-electron chi connectivity index (χ4n) is 3.37. The average Bonchev–Trinajstić information content (AvgIpc) is 3.08. The highest BCUT2D eigenvalue weighted by Crippen LogP contribution is 2.39. The Labute approximate surface area is 167 Å². The first-order chi connectivity index (χ1) is 13.7. The number of benzene rings is 2. The summed E-state index contributed by atoms with van der Waals surface area (Å²) in [5, 5.41) is 0. The van der Waals surface area contributed by atoms with E-state index in [0.29, 0.717) is 13.2 Å². The highest BCUT2D eigenvalue weighted by Gasteiger charge is 2.19. The Kier molecular flexibility index (Phi) is 7.12. The lowest BCUT2D eigenvalue weighted by atomic mass is 10.1. The van der Waals surface area contributed by atoms with Gasteiger partial charge in [0.05, 0.1) is 19.8 Å².